The molecular formula is C15H15F2N3O4S3. The number of anilines is 1. The Morgan fingerprint density at radius 3 is 2.48 bits per heavy atom. The molecular weight excluding hydrogens is 420 g/mol. The fourth-order valence-electron chi connectivity index (χ4n) is 1.94. The van der Waals surface area contributed by atoms with Crippen LogP contribution in [-0.4, -0.2) is 36.7 Å². The Balaban J connectivity index is 1.94. The normalized spacial score (nSPS) is 11.6. The number of halogens is 2. The summed E-state index contributed by atoms with van der Waals surface area (Å²) in [5, 5.41) is 2.53. The number of carbonyl (C=O) groups excluding carboxylic acids is 2. The first-order valence-corrected chi connectivity index (χ1v) is 10.7. The van der Waals surface area contributed by atoms with Gasteiger partial charge < -0.3 is 11.1 Å². The lowest BCUT2D eigenvalue weighted by Gasteiger charge is -2.06. The van der Waals surface area contributed by atoms with Gasteiger partial charge in [0.15, 0.2) is 4.34 Å². The van der Waals surface area contributed by atoms with Crippen LogP contribution in [0.5, 0.6) is 0 Å². The molecule has 1 heterocycles. The molecule has 0 bridgehead atoms. The summed E-state index contributed by atoms with van der Waals surface area (Å²) in [7, 11) is -4.67. The second kappa shape index (κ2) is 8.76. The first-order valence-electron chi connectivity index (χ1n) is 7.39. The number of nitrogens with zero attached hydrogens (tertiary/aromatic N) is 1. The molecule has 0 aliphatic rings. The summed E-state index contributed by atoms with van der Waals surface area (Å²) in [4.78, 5) is 27.4. The van der Waals surface area contributed by atoms with Crippen LogP contribution in [0, 0.1) is 6.92 Å². The number of thiazole rings is 1. The summed E-state index contributed by atoms with van der Waals surface area (Å²) in [5.74, 6) is -4.32. The van der Waals surface area contributed by atoms with E-state index in [0.717, 1.165) is 17.0 Å². The van der Waals surface area contributed by atoms with E-state index >= 15 is 0 Å². The summed E-state index contributed by atoms with van der Waals surface area (Å²) in [6.07, 6.45) is 0.0874. The van der Waals surface area contributed by atoms with Gasteiger partial charge in [-0.2, -0.15) is 8.78 Å². The molecule has 0 aliphatic carbocycles. The van der Waals surface area contributed by atoms with Gasteiger partial charge in [0.1, 0.15) is 0 Å². The number of aryl methyl sites for hydroxylation is 1. The van der Waals surface area contributed by atoms with Gasteiger partial charge in [-0.25, -0.2) is 13.4 Å². The van der Waals surface area contributed by atoms with E-state index in [2.05, 4.69) is 10.3 Å². The monoisotopic (exact) mass is 435 g/mol. The zero-order valence-corrected chi connectivity index (χ0v) is 16.4. The topological polar surface area (TPSA) is 119 Å². The Labute approximate surface area is 162 Å². The number of thioether (sulfide) groups is 1. The fourth-order valence-corrected chi connectivity index (χ4v) is 4.71. The maximum atomic E-state index is 12.5. The third-order valence-electron chi connectivity index (χ3n) is 3.24. The zero-order valence-electron chi connectivity index (χ0n) is 13.9. The Bertz CT molecular complexity index is 944. The molecule has 1 aromatic heterocycles. The van der Waals surface area contributed by atoms with Crippen LogP contribution in [0.1, 0.15) is 10.6 Å². The number of alkyl halides is 2. The second-order valence-electron chi connectivity index (χ2n) is 5.30. The minimum absolute atomic E-state index is 0.0278. The van der Waals surface area contributed by atoms with E-state index in [1.54, 1.807) is 6.92 Å². The first kappa shape index (κ1) is 21.3. The number of nitrogens with one attached hydrogen (secondary N) is 1. The van der Waals surface area contributed by atoms with Gasteiger partial charge in [-0.15, -0.1) is 11.3 Å². The largest absolute Gasteiger partial charge is 0.369 e. The predicted octanol–water partition coefficient (Wildman–Crippen LogP) is 2.21. The number of amides is 2. The highest BCUT2D eigenvalue weighted by Gasteiger charge is 2.26. The second-order valence-corrected chi connectivity index (χ2v) is 9.52. The van der Waals surface area contributed by atoms with Crippen molar-refractivity contribution in [2.45, 2.75) is 28.3 Å². The van der Waals surface area contributed by atoms with E-state index in [1.807, 2.05) is 0 Å². The maximum Gasteiger partial charge on any atom is 0.341 e. The van der Waals surface area contributed by atoms with E-state index in [9.17, 15) is 26.8 Å². The van der Waals surface area contributed by atoms with E-state index in [-0.39, 0.29) is 23.8 Å². The lowest BCUT2D eigenvalue weighted by atomic mass is 10.3. The summed E-state index contributed by atoms with van der Waals surface area (Å²) in [6, 6.07) is 4.47. The number of hydrogen-bond acceptors (Lipinski definition) is 7. The molecule has 1 aromatic carbocycles. The molecule has 0 atom stereocenters. The van der Waals surface area contributed by atoms with Gasteiger partial charge in [0.2, 0.25) is 21.7 Å². The smallest absolute Gasteiger partial charge is 0.341 e. The van der Waals surface area contributed by atoms with E-state index < -0.39 is 26.4 Å². The number of primary amides is 1. The molecule has 0 saturated heterocycles. The third kappa shape index (κ3) is 5.71. The van der Waals surface area contributed by atoms with Crippen LogP contribution >= 0.6 is 23.1 Å². The number of carbonyl (C=O) groups is 2. The highest BCUT2D eigenvalue weighted by Crippen LogP contribution is 2.27. The molecule has 2 aromatic rings. The Kier molecular flexibility index (Phi) is 6.89. The summed E-state index contributed by atoms with van der Waals surface area (Å²) < 4.78 is 48.3. The van der Waals surface area contributed by atoms with Crippen molar-refractivity contribution in [2.24, 2.45) is 5.73 Å². The van der Waals surface area contributed by atoms with Gasteiger partial charge >= 0.3 is 5.76 Å². The molecule has 12 heteroatoms. The van der Waals surface area contributed by atoms with Gasteiger partial charge in [-0.1, -0.05) is 11.8 Å². The van der Waals surface area contributed by atoms with Gasteiger partial charge in [0, 0.05) is 10.6 Å². The molecule has 7 nitrogen and oxygen atoms in total. The van der Waals surface area contributed by atoms with Gasteiger partial charge in [-0.3, -0.25) is 9.59 Å². The van der Waals surface area contributed by atoms with Crippen LogP contribution in [0.25, 0.3) is 0 Å². The molecule has 2 amide bonds. The molecule has 3 N–H and O–H groups in total. The van der Waals surface area contributed by atoms with Crippen LogP contribution in [0.3, 0.4) is 0 Å². The quantitative estimate of drug-likeness (QED) is 0.614. The molecule has 0 aliphatic heterocycles. The summed E-state index contributed by atoms with van der Waals surface area (Å²) in [5.41, 5.74) is 6.11. The molecule has 2 rings (SSSR count). The Hall–Kier alpha value is -2.05. The van der Waals surface area contributed by atoms with Crippen molar-refractivity contribution in [3.8, 4) is 0 Å². The van der Waals surface area contributed by atoms with Crippen LogP contribution in [0.4, 0.5) is 14.5 Å². The van der Waals surface area contributed by atoms with E-state index in [1.165, 1.54) is 35.2 Å². The van der Waals surface area contributed by atoms with Crippen LogP contribution in [0.2, 0.25) is 0 Å². The number of benzene rings is 1. The van der Waals surface area contributed by atoms with Crippen LogP contribution < -0.4 is 11.1 Å². The van der Waals surface area contributed by atoms with Crippen molar-refractivity contribution in [3.05, 3.63) is 34.8 Å². The number of nitrogens with two attached hydrogens (primary N) is 1. The van der Waals surface area contributed by atoms with Gasteiger partial charge in [0.25, 0.3) is 0 Å². The van der Waals surface area contributed by atoms with Crippen molar-refractivity contribution in [2.75, 3.05) is 11.1 Å². The van der Waals surface area contributed by atoms with Crippen molar-refractivity contribution in [1.82, 2.24) is 4.98 Å². The van der Waals surface area contributed by atoms with Crippen molar-refractivity contribution < 1.29 is 26.8 Å². The van der Waals surface area contributed by atoms with Crippen LogP contribution in [-0.2, 0) is 25.8 Å². The molecule has 27 heavy (non-hydrogen) atoms. The van der Waals surface area contributed by atoms with E-state index in [4.69, 9.17) is 5.73 Å². The highest BCUT2D eigenvalue weighted by atomic mass is 32.2. The molecule has 0 fully saturated rings. The minimum atomic E-state index is -4.67. The third-order valence-corrected chi connectivity index (χ3v) is 6.93. The summed E-state index contributed by atoms with van der Waals surface area (Å²) in [6.45, 7) is 1.74. The van der Waals surface area contributed by atoms with Crippen molar-refractivity contribution in [1.29, 1.82) is 0 Å². The number of aromatic nitrogens is 1. The van der Waals surface area contributed by atoms with Gasteiger partial charge in [-0.05, 0) is 31.2 Å². The van der Waals surface area contributed by atoms with Crippen molar-refractivity contribution in [3.63, 3.8) is 0 Å². The van der Waals surface area contributed by atoms with Crippen LogP contribution in [0.15, 0.2) is 33.5 Å². The van der Waals surface area contributed by atoms with Crippen molar-refractivity contribution >= 4 is 50.4 Å². The molecule has 146 valence electrons. The molecule has 0 unspecified atom stereocenters. The van der Waals surface area contributed by atoms with E-state index in [0.29, 0.717) is 10.0 Å². The Morgan fingerprint density at radius 2 is 1.93 bits per heavy atom. The number of rotatable bonds is 8. The lowest BCUT2D eigenvalue weighted by Crippen LogP contribution is -2.14. The number of hydrogen-bond donors (Lipinski definition) is 2. The maximum absolute atomic E-state index is 12.5. The average molecular weight is 435 g/mol. The SMILES string of the molecule is Cc1nc(SCC(=O)Nc2ccc(S(=O)(=O)C(F)F)cc2)sc1CC(N)=O. The fraction of sp³-hybridized carbons (Fsp3) is 0.267. The standard InChI is InChI=1S/C15H15F2N3O4S3/c1-8-11(6-12(18)21)26-15(19-8)25-7-13(22)20-9-2-4-10(5-3-9)27(23,24)14(16)17/h2-5,14H,6-7H2,1H3,(H2,18,21)(H,20,22). The highest BCUT2D eigenvalue weighted by molar-refractivity contribution is 8.01. The summed E-state index contributed by atoms with van der Waals surface area (Å²) >= 11 is 2.45. The first-order chi connectivity index (χ1) is 12.6. The predicted molar refractivity (Wildman–Crippen MR) is 98.7 cm³/mol. The molecule has 0 spiro atoms. The average Bonchev–Trinajstić information content (AvgIpc) is 2.92. The minimum Gasteiger partial charge on any atom is -0.369 e. The molecule has 0 radical (unpaired) electrons. The number of sulfone groups is 1. The Morgan fingerprint density at radius 1 is 1.30 bits per heavy atom. The lowest BCUT2D eigenvalue weighted by molar-refractivity contribution is -0.117. The zero-order chi connectivity index (χ0) is 20.2. The molecule has 0 saturated carbocycles. The van der Waals surface area contributed by atoms with Gasteiger partial charge in [0.05, 0.1) is 22.8 Å².